The largest absolute Gasteiger partial charge is 0.391 e. The highest BCUT2D eigenvalue weighted by molar-refractivity contribution is 7.89. The molecule has 1 aromatic heterocycles. The van der Waals surface area contributed by atoms with Gasteiger partial charge in [0.25, 0.3) is 0 Å². The van der Waals surface area contributed by atoms with Gasteiger partial charge in [0.05, 0.1) is 17.3 Å². The van der Waals surface area contributed by atoms with Crippen LogP contribution in [0.1, 0.15) is 24.2 Å². The molecule has 1 aliphatic rings. The van der Waals surface area contributed by atoms with Crippen molar-refractivity contribution in [3.8, 4) is 0 Å². The lowest BCUT2D eigenvalue weighted by Crippen LogP contribution is -2.42. The molecule has 0 aromatic carbocycles. The topological polar surface area (TPSA) is 66.1 Å². The van der Waals surface area contributed by atoms with Gasteiger partial charge < -0.3 is 0 Å². The highest BCUT2D eigenvalue weighted by Crippen LogP contribution is 2.35. The molecule has 2 rings (SSSR count). The maximum atomic E-state index is 12.6. The van der Waals surface area contributed by atoms with Crippen molar-refractivity contribution in [1.29, 1.82) is 0 Å². The number of hydrogen-bond donors (Lipinski definition) is 1. The molecule has 5 nitrogen and oxygen atoms in total. The Morgan fingerprint density at radius 3 is 2.20 bits per heavy atom. The zero-order valence-corrected chi connectivity index (χ0v) is 12.0. The van der Waals surface area contributed by atoms with Gasteiger partial charge in [-0.2, -0.15) is 22.6 Å². The second-order valence-corrected chi connectivity index (χ2v) is 6.86. The third-order valence-corrected chi connectivity index (χ3v) is 5.74. The molecule has 1 aliphatic heterocycles. The van der Waals surface area contributed by atoms with Crippen molar-refractivity contribution in [1.82, 2.24) is 14.5 Å². The molecule has 0 unspecified atom stereocenters. The Kier molecular flexibility index (Phi) is 3.85. The number of rotatable bonds is 2. The Hall–Kier alpha value is -1.09. The SMILES string of the molecule is Cc1n[nH]c(C)c1S(=O)(=O)N1CCC(C(F)(F)F)CC1. The Morgan fingerprint density at radius 2 is 1.80 bits per heavy atom. The summed E-state index contributed by atoms with van der Waals surface area (Å²) >= 11 is 0. The third kappa shape index (κ3) is 2.69. The summed E-state index contributed by atoms with van der Waals surface area (Å²) in [7, 11) is -3.78. The minimum absolute atomic E-state index is 0.0722. The number of nitrogens with one attached hydrogen (secondary N) is 1. The Balaban J connectivity index is 2.18. The first kappa shape index (κ1) is 15.3. The zero-order chi connectivity index (χ0) is 15.1. The highest BCUT2D eigenvalue weighted by atomic mass is 32.2. The maximum absolute atomic E-state index is 12.6. The summed E-state index contributed by atoms with van der Waals surface area (Å²) in [6.07, 6.45) is -4.64. The van der Waals surface area contributed by atoms with Crippen LogP contribution in [0.25, 0.3) is 0 Å². The lowest BCUT2D eigenvalue weighted by molar-refractivity contribution is -0.182. The molecule has 1 saturated heterocycles. The average Bonchev–Trinajstić information content (AvgIpc) is 2.68. The molecule has 2 heterocycles. The van der Waals surface area contributed by atoms with Gasteiger partial charge in [-0.25, -0.2) is 8.42 Å². The van der Waals surface area contributed by atoms with Crippen molar-refractivity contribution in [2.75, 3.05) is 13.1 Å². The first-order chi connectivity index (χ1) is 9.14. The predicted octanol–water partition coefficient (Wildman–Crippen LogP) is 1.99. The molecule has 0 spiro atoms. The van der Waals surface area contributed by atoms with Crippen LogP contribution < -0.4 is 0 Å². The Morgan fingerprint density at radius 1 is 1.25 bits per heavy atom. The van der Waals surface area contributed by atoms with Crippen LogP contribution in [0.5, 0.6) is 0 Å². The van der Waals surface area contributed by atoms with Crippen LogP contribution in [-0.2, 0) is 10.0 Å². The van der Waals surface area contributed by atoms with E-state index >= 15 is 0 Å². The van der Waals surface area contributed by atoms with E-state index in [2.05, 4.69) is 10.2 Å². The molecule has 114 valence electrons. The average molecular weight is 311 g/mol. The van der Waals surface area contributed by atoms with Crippen LogP contribution in [0, 0.1) is 19.8 Å². The van der Waals surface area contributed by atoms with E-state index < -0.39 is 22.1 Å². The van der Waals surface area contributed by atoms with E-state index in [1.165, 1.54) is 0 Å². The number of alkyl halides is 3. The summed E-state index contributed by atoms with van der Waals surface area (Å²) in [5, 5.41) is 6.40. The molecular formula is C11H16F3N3O2S. The molecule has 0 radical (unpaired) electrons. The molecule has 0 bridgehead atoms. The van der Waals surface area contributed by atoms with Crippen LogP contribution in [0.4, 0.5) is 13.2 Å². The van der Waals surface area contributed by atoms with E-state index in [1.54, 1.807) is 13.8 Å². The normalized spacial score (nSPS) is 19.4. The van der Waals surface area contributed by atoms with E-state index in [0.29, 0.717) is 11.4 Å². The summed E-state index contributed by atoms with van der Waals surface area (Å²) in [6.45, 7) is 2.90. The lowest BCUT2D eigenvalue weighted by atomic mass is 9.98. The molecule has 1 aromatic rings. The first-order valence-corrected chi connectivity index (χ1v) is 7.66. The van der Waals surface area contributed by atoms with Crippen molar-refractivity contribution in [2.24, 2.45) is 5.92 Å². The smallest absolute Gasteiger partial charge is 0.281 e. The summed E-state index contributed by atoms with van der Waals surface area (Å²) in [6, 6.07) is 0. The lowest BCUT2D eigenvalue weighted by Gasteiger charge is -2.32. The van der Waals surface area contributed by atoms with Crippen LogP contribution in [0.3, 0.4) is 0 Å². The van der Waals surface area contributed by atoms with Crippen molar-refractivity contribution in [3.05, 3.63) is 11.4 Å². The second-order valence-electron chi connectivity index (χ2n) is 4.98. The van der Waals surface area contributed by atoms with Gasteiger partial charge in [0.2, 0.25) is 10.0 Å². The number of aromatic amines is 1. The van der Waals surface area contributed by atoms with Gasteiger partial charge in [-0.15, -0.1) is 0 Å². The molecule has 1 fully saturated rings. The molecule has 0 atom stereocenters. The van der Waals surface area contributed by atoms with Crippen LogP contribution in [0.15, 0.2) is 4.90 Å². The van der Waals surface area contributed by atoms with E-state index in [-0.39, 0.29) is 30.8 Å². The van der Waals surface area contributed by atoms with E-state index in [0.717, 1.165) is 4.31 Å². The summed E-state index contributed by atoms with van der Waals surface area (Å²) in [5.41, 5.74) is 0.737. The molecule has 1 N–H and O–H groups in total. The summed E-state index contributed by atoms with van der Waals surface area (Å²) in [4.78, 5) is 0.0722. The van der Waals surface area contributed by atoms with E-state index in [9.17, 15) is 21.6 Å². The Bertz CT molecular complexity index is 567. The fraction of sp³-hybridized carbons (Fsp3) is 0.727. The minimum Gasteiger partial charge on any atom is -0.281 e. The number of aryl methyl sites for hydroxylation is 2. The standard InChI is InChI=1S/C11H16F3N3O2S/c1-7-10(8(2)16-15-7)20(18,19)17-5-3-9(4-6-17)11(12,13)14/h9H,3-6H2,1-2H3,(H,15,16). The maximum Gasteiger partial charge on any atom is 0.391 e. The van der Waals surface area contributed by atoms with Gasteiger partial charge in [0.15, 0.2) is 0 Å². The van der Waals surface area contributed by atoms with Gasteiger partial charge in [-0.1, -0.05) is 0 Å². The Labute approximate surface area is 115 Å². The number of hydrogen-bond acceptors (Lipinski definition) is 3. The quantitative estimate of drug-likeness (QED) is 0.908. The van der Waals surface area contributed by atoms with Gasteiger partial charge >= 0.3 is 6.18 Å². The number of sulfonamides is 1. The van der Waals surface area contributed by atoms with Crippen molar-refractivity contribution >= 4 is 10.0 Å². The van der Waals surface area contributed by atoms with Crippen molar-refractivity contribution in [2.45, 2.75) is 37.8 Å². The number of piperidine rings is 1. The van der Waals surface area contributed by atoms with Gasteiger partial charge in [0.1, 0.15) is 4.90 Å². The molecule has 9 heteroatoms. The summed E-state index contributed by atoms with van der Waals surface area (Å²) in [5.74, 6) is -1.42. The van der Waals surface area contributed by atoms with Gasteiger partial charge in [-0.05, 0) is 26.7 Å². The minimum atomic E-state index is -4.25. The van der Waals surface area contributed by atoms with Gasteiger partial charge in [0, 0.05) is 13.1 Å². The fourth-order valence-electron chi connectivity index (χ4n) is 2.47. The molecule has 0 aliphatic carbocycles. The summed E-state index contributed by atoms with van der Waals surface area (Å²) < 4.78 is 63.7. The van der Waals surface area contributed by atoms with Crippen LogP contribution in [0.2, 0.25) is 0 Å². The predicted molar refractivity (Wildman–Crippen MR) is 65.6 cm³/mol. The molecule has 0 amide bonds. The first-order valence-electron chi connectivity index (χ1n) is 6.22. The van der Waals surface area contributed by atoms with Crippen molar-refractivity contribution in [3.63, 3.8) is 0 Å². The van der Waals surface area contributed by atoms with Crippen molar-refractivity contribution < 1.29 is 21.6 Å². The van der Waals surface area contributed by atoms with Crippen LogP contribution in [-0.4, -0.2) is 42.2 Å². The second kappa shape index (κ2) is 5.03. The number of aromatic nitrogens is 2. The van der Waals surface area contributed by atoms with Crippen LogP contribution >= 0.6 is 0 Å². The number of halogens is 3. The zero-order valence-electron chi connectivity index (χ0n) is 11.2. The van der Waals surface area contributed by atoms with E-state index in [1.807, 2.05) is 0 Å². The molecular weight excluding hydrogens is 295 g/mol. The number of nitrogens with zero attached hydrogens (tertiary/aromatic N) is 2. The number of H-pyrrole nitrogens is 1. The third-order valence-electron chi connectivity index (χ3n) is 3.58. The monoisotopic (exact) mass is 311 g/mol. The molecule has 20 heavy (non-hydrogen) atoms. The van der Waals surface area contributed by atoms with Gasteiger partial charge in [-0.3, -0.25) is 5.10 Å². The van der Waals surface area contributed by atoms with E-state index in [4.69, 9.17) is 0 Å². The highest BCUT2D eigenvalue weighted by Gasteiger charge is 2.43. The molecule has 0 saturated carbocycles. The fourth-order valence-corrected chi connectivity index (χ4v) is 4.27.